The van der Waals surface area contributed by atoms with Gasteiger partial charge in [0.2, 0.25) is 0 Å². The minimum Gasteiger partial charge on any atom is -0.239 e. The first-order valence-electron chi connectivity index (χ1n) is 14.4. The zero-order valence-corrected chi connectivity index (χ0v) is 22.3. The van der Waals surface area contributed by atoms with Gasteiger partial charge in [-0.2, -0.15) is 0 Å². The van der Waals surface area contributed by atoms with Crippen molar-refractivity contribution >= 4 is 11.9 Å². The highest BCUT2D eigenvalue weighted by Crippen LogP contribution is 2.43. The van der Waals surface area contributed by atoms with E-state index in [-0.39, 0.29) is 0 Å². The summed E-state index contributed by atoms with van der Waals surface area (Å²) in [6, 6.07) is 16.4. The van der Waals surface area contributed by atoms with E-state index in [9.17, 15) is 0 Å². The minimum absolute atomic E-state index is 0.413. The van der Waals surface area contributed by atoms with E-state index in [1.807, 2.05) is 31.2 Å². The topological polar surface area (TPSA) is 0 Å². The lowest BCUT2D eigenvalue weighted by atomic mass is 9.71. The molecular weight excluding hydrogens is 446 g/mol. The Morgan fingerprint density at radius 3 is 2.42 bits per heavy atom. The van der Waals surface area contributed by atoms with Crippen LogP contribution in [0.5, 0.6) is 0 Å². The summed E-state index contributed by atoms with van der Waals surface area (Å²) in [5.41, 5.74) is 1.86. The van der Waals surface area contributed by atoms with E-state index in [0.717, 1.165) is 24.0 Å². The van der Waals surface area contributed by atoms with Gasteiger partial charge in [-0.1, -0.05) is 99.4 Å². The number of halogens is 2. The van der Waals surface area contributed by atoms with Gasteiger partial charge < -0.3 is 0 Å². The Balaban J connectivity index is 1.42. The highest BCUT2D eigenvalue weighted by Gasteiger charge is 2.41. The zero-order chi connectivity index (χ0) is 25.4. The number of fused-ring (bicyclic) bond motifs is 1. The molecule has 0 spiro atoms. The fourth-order valence-electron chi connectivity index (χ4n) is 6.45. The monoisotopic (exact) mass is 490 g/mol. The second-order valence-corrected chi connectivity index (χ2v) is 11.2. The maximum atomic E-state index is 15.7. The normalized spacial score (nSPS) is 26.1. The second kappa shape index (κ2) is 12.8. The lowest BCUT2D eigenvalue weighted by molar-refractivity contribution is 0.180. The van der Waals surface area contributed by atoms with Crippen LogP contribution < -0.4 is 10.4 Å². The molecule has 0 heterocycles. The molecule has 1 fully saturated rings. The van der Waals surface area contributed by atoms with E-state index < -0.39 is 17.4 Å². The quantitative estimate of drug-likeness (QED) is 0.218. The molecule has 2 unspecified atom stereocenters. The average Bonchev–Trinajstić information content (AvgIpc) is 2.91. The first-order valence-corrected chi connectivity index (χ1v) is 14.4. The predicted molar refractivity (Wildman–Crippen MR) is 150 cm³/mol. The molecule has 2 atom stereocenters. The predicted octanol–water partition coefficient (Wildman–Crippen LogP) is 8.73. The average molecular weight is 491 g/mol. The van der Waals surface area contributed by atoms with E-state index >= 15 is 8.78 Å². The van der Waals surface area contributed by atoms with Gasteiger partial charge in [0.05, 0.1) is 0 Å². The molecule has 36 heavy (non-hydrogen) atoms. The Morgan fingerprint density at radius 2 is 1.69 bits per heavy atom. The summed E-state index contributed by atoms with van der Waals surface area (Å²) in [6.45, 7) is 4.26. The van der Waals surface area contributed by atoms with Crippen molar-refractivity contribution < 1.29 is 8.78 Å². The number of benzene rings is 2. The van der Waals surface area contributed by atoms with Crippen molar-refractivity contribution in [1.82, 2.24) is 0 Å². The zero-order valence-electron chi connectivity index (χ0n) is 22.3. The summed E-state index contributed by atoms with van der Waals surface area (Å²) in [7, 11) is 0. The van der Waals surface area contributed by atoms with Crippen LogP contribution in [0.15, 0.2) is 60.7 Å². The third-order valence-corrected chi connectivity index (χ3v) is 8.79. The Hall–Kier alpha value is -2.22. The first-order chi connectivity index (χ1) is 17.6. The Kier molecular flexibility index (Phi) is 9.57. The molecule has 0 aliphatic heterocycles. The van der Waals surface area contributed by atoms with Gasteiger partial charge in [-0.3, -0.25) is 0 Å². The number of allylic oxidation sites excluding steroid dienone is 2. The second-order valence-electron chi connectivity index (χ2n) is 11.2. The van der Waals surface area contributed by atoms with E-state index in [0.29, 0.717) is 24.0 Å². The molecule has 0 bridgehead atoms. The molecule has 0 radical (unpaired) electrons. The summed E-state index contributed by atoms with van der Waals surface area (Å²) in [4.78, 5) is 0. The molecule has 0 nitrogen and oxygen atoms in total. The fourth-order valence-corrected chi connectivity index (χ4v) is 6.45. The van der Waals surface area contributed by atoms with Gasteiger partial charge in [-0.15, -0.1) is 0 Å². The van der Waals surface area contributed by atoms with Crippen LogP contribution in [0.2, 0.25) is 0 Å². The van der Waals surface area contributed by atoms with E-state index in [4.69, 9.17) is 0 Å². The molecular formula is C34H44F2. The Bertz CT molecular complexity index is 1100. The van der Waals surface area contributed by atoms with Crippen molar-refractivity contribution in [3.05, 3.63) is 82.2 Å². The number of alkyl halides is 1. The van der Waals surface area contributed by atoms with Crippen LogP contribution in [0.1, 0.15) is 102 Å². The molecule has 0 amide bonds. The SMILES string of the molecule is C/C=C/CCC1(CCc2ccc(C3CCC(CCCCC)CC3)cc2)C=c2ccccc2=C(F)C1F. The number of hydrogen-bond donors (Lipinski definition) is 0. The van der Waals surface area contributed by atoms with Crippen molar-refractivity contribution in [3.63, 3.8) is 0 Å². The van der Waals surface area contributed by atoms with Gasteiger partial charge in [0.15, 0.2) is 6.17 Å². The van der Waals surface area contributed by atoms with Gasteiger partial charge >= 0.3 is 0 Å². The lowest BCUT2D eigenvalue weighted by Gasteiger charge is -2.35. The molecule has 1 saturated carbocycles. The molecule has 2 aliphatic rings. The van der Waals surface area contributed by atoms with Crippen LogP contribution in [-0.4, -0.2) is 6.17 Å². The Labute approximate surface area is 217 Å². The van der Waals surface area contributed by atoms with Crippen molar-refractivity contribution in [2.75, 3.05) is 0 Å². The molecule has 0 saturated heterocycles. The van der Waals surface area contributed by atoms with E-state index in [1.54, 1.807) is 12.1 Å². The highest BCUT2D eigenvalue weighted by atomic mass is 19.2. The number of unbranched alkanes of at least 4 members (excludes halogenated alkanes) is 2. The summed E-state index contributed by atoms with van der Waals surface area (Å²) < 4.78 is 30.9. The number of hydrogen-bond acceptors (Lipinski definition) is 0. The molecule has 2 aliphatic carbocycles. The van der Waals surface area contributed by atoms with Crippen molar-refractivity contribution in [2.24, 2.45) is 11.3 Å². The first kappa shape index (κ1) is 26.8. The Morgan fingerprint density at radius 1 is 0.944 bits per heavy atom. The molecule has 2 heteroatoms. The summed E-state index contributed by atoms with van der Waals surface area (Å²) >= 11 is 0. The maximum absolute atomic E-state index is 15.7. The standard InChI is InChI=1S/C34H44F2/c1-3-5-7-11-26-14-18-28(19-15-26)29-20-16-27(17-21-29)22-24-34(23-10-6-4-2)25-30-12-8-9-13-31(30)32(35)33(34)36/h4,6,8-9,12-13,16-17,20-21,25-26,28,33H,3,5,7,10-11,14-15,18-19,22-24H2,1-2H3/b6-4+. The lowest BCUT2D eigenvalue weighted by Crippen LogP contribution is -2.43. The molecule has 4 rings (SSSR count). The van der Waals surface area contributed by atoms with E-state index in [2.05, 4.69) is 37.3 Å². The van der Waals surface area contributed by atoms with Crippen LogP contribution in [0, 0.1) is 11.3 Å². The largest absolute Gasteiger partial charge is 0.239 e. The summed E-state index contributed by atoms with van der Waals surface area (Å²) in [5.74, 6) is 0.999. The van der Waals surface area contributed by atoms with Crippen LogP contribution >= 0.6 is 0 Å². The number of rotatable bonds is 11. The number of aryl methyl sites for hydroxylation is 1. The summed E-state index contributed by atoms with van der Waals surface area (Å²) in [6.07, 6.45) is 18.0. The van der Waals surface area contributed by atoms with Gasteiger partial charge in [0, 0.05) is 10.6 Å². The third kappa shape index (κ3) is 6.36. The van der Waals surface area contributed by atoms with Gasteiger partial charge in [-0.25, -0.2) is 8.78 Å². The van der Waals surface area contributed by atoms with Gasteiger partial charge in [0.1, 0.15) is 5.83 Å². The highest BCUT2D eigenvalue weighted by molar-refractivity contribution is 5.55. The molecule has 194 valence electrons. The van der Waals surface area contributed by atoms with Crippen molar-refractivity contribution in [3.8, 4) is 0 Å². The molecule has 2 aromatic rings. The van der Waals surface area contributed by atoms with Crippen LogP contribution in [0.3, 0.4) is 0 Å². The van der Waals surface area contributed by atoms with Gasteiger partial charge in [0.25, 0.3) is 0 Å². The fraction of sp³-hybridized carbons (Fsp3) is 0.529. The van der Waals surface area contributed by atoms with Crippen LogP contribution in [0.4, 0.5) is 8.78 Å². The van der Waals surface area contributed by atoms with Gasteiger partial charge in [-0.05, 0) is 86.5 Å². The van der Waals surface area contributed by atoms with Crippen molar-refractivity contribution in [2.45, 2.75) is 103 Å². The molecule has 2 aromatic carbocycles. The summed E-state index contributed by atoms with van der Waals surface area (Å²) in [5, 5.41) is 1.24. The van der Waals surface area contributed by atoms with Crippen molar-refractivity contribution in [1.29, 1.82) is 0 Å². The van der Waals surface area contributed by atoms with Crippen LogP contribution in [-0.2, 0) is 6.42 Å². The third-order valence-electron chi connectivity index (χ3n) is 8.79. The molecule has 0 aromatic heterocycles. The maximum Gasteiger partial charge on any atom is 0.161 e. The smallest absolute Gasteiger partial charge is 0.161 e. The minimum atomic E-state index is -1.59. The van der Waals surface area contributed by atoms with Crippen LogP contribution in [0.25, 0.3) is 11.9 Å². The molecule has 0 N–H and O–H groups in total. The van der Waals surface area contributed by atoms with E-state index in [1.165, 1.54) is 62.5 Å².